The summed E-state index contributed by atoms with van der Waals surface area (Å²) in [5.41, 5.74) is 0.962. The van der Waals surface area contributed by atoms with Gasteiger partial charge < -0.3 is 10.2 Å². The first-order chi connectivity index (χ1) is 11.6. The van der Waals surface area contributed by atoms with E-state index in [1.54, 1.807) is 6.20 Å². The average Bonchev–Trinajstić information content (AvgIpc) is 3.35. The number of piperidine rings is 1. The maximum absolute atomic E-state index is 12.2. The second-order valence-electron chi connectivity index (χ2n) is 6.92. The molecule has 1 aliphatic carbocycles. The summed E-state index contributed by atoms with van der Waals surface area (Å²) in [5.74, 6) is 1.62. The van der Waals surface area contributed by atoms with E-state index in [2.05, 4.69) is 22.7 Å². The highest BCUT2D eigenvalue weighted by Crippen LogP contribution is 2.40. The molecular weight excluding hydrogens is 306 g/mol. The van der Waals surface area contributed by atoms with E-state index >= 15 is 0 Å². The molecule has 7 heteroatoms. The van der Waals surface area contributed by atoms with Gasteiger partial charge >= 0.3 is 6.03 Å². The van der Waals surface area contributed by atoms with Crippen LogP contribution in [0, 0.1) is 12.8 Å². The third-order valence-electron chi connectivity index (χ3n) is 4.99. The normalized spacial score (nSPS) is 19.2. The van der Waals surface area contributed by atoms with Crippen LogP contribution < -0.4 is 10.6 Å². The first-order valence-electron chi connectivity index (χ1n) is 8.93. The lowest BCUT2D eigenvalue weighted by Crippen LogP contribution is -2.42. The van der Waals surface area contributed by atoms with Crippen LogP contribution in [0.25, 0.3) is 0 Å². The quantitative estimate of drug-likeness (QED) is 0.838. The molecule has 1 aromatic rings. The van der Waals surface area contributed by atoms with E-state index in [1.165, 1.54) is 12.8 Å². The van der Waals surface area contributed by atoms with E-state index in [1.807, 2.05) is 16.5 Å². The van der Waals surface area contributed by atoms with E-state index in [4.69, 9.17) is 0 Å². The Kier molecular flexibility index (Phi) is 5.06. The van der Waals surface area contributed by atoms with Gasteiger partial charge in [0.25, 0.3) is 0 Å². The van der Waals surface area contributed by atoms with Gasteiger partial charge in [-0.1, -0.05) is 0 Å². The number of hydrogen-bond donors (Lipinski definition) is 2. The summed E-state index contributed by atoms with van der Waals surface area (Å²) in [4.78, 5) is 25.8. The SMILES string of the molecule is Cc1cnn(C(C)C2CC2)c1NC(=O)NCCN1CCCCC1=O. The zero-order valence-electron chi connectivity index (χ0n) is 14.5. The number of amides is 3. The van der Waals surface area contributed by atoms with Crippen LogP contribution in [0.4, 0.5) is 10.6 Å². The summed E-state index contributed by atoms with van der Waals surface area (Å²) in [5, 5.41) is 10.2. The van der Waals surface area contributed by atoms with Gasteiger partial charge in [-0.25, -0.2) is 9.48 Å². The number of nitrogens with zero attached hydrogens (tertiary/aromatic N) is 3. The standard InChI is InChI=1S/C17H27N5O2/c1-12-11-19-22(13(2)14-6-7-14)16(12)20-17(24)18-8-10-21-9-4-3-5-15(21)23/h11,13-14H,3-10H2,1-2H3,(H2,18,20,24). The van der Waals surface area contributed by atoms with Crippen molar-refractivity contribution in [2.24, 2.45) is 5.92 Å². The Bertz CT molecular complexity index is 608. The molecule has 2 fully saturated rings. The number of carbonyl (C=O) groups excluding carboxylic acids is 2. The van der Waals surface area contributed by atoms with Gasteiger partial charge in [0.1, 0.15) is 5.82 Å². The molecule has 132 valence electrons. The molecule has 2 N–H and O–H groups in total. The van der Waals surface area contributed by atoms with Crippen LogP contribution in [0.15, 0.2) is 6.20 Å². The number of nitrogens with one attached hydrogen (secondary N) is 2. The molecule has 1 aliphatic heterocycles. The maximum Gasteiger partial charge on any atom is 0.320 e. The molecule has 2 aliphatic rings. The summed E-state index contributed by atoms with van der Waals surface area (Å²) >= 11 is 0. The van der Waals surface area contributed by atoms with Crippen LogP contribution in [-0.4, -0.2) is 46.3 Å². The topological polar surface area (TPSA) is 79.3 Å². The summed E-state index contributed by atoms with van der Waals surface area (Å²) in [6, 6.07) is 0.0623. The highest BCUT2D eigenvalue weighted by atomic mass is 16.2. The van der Waals surface area contributed by atoms with Crippen molar-refractivity contribution in [2.75, 3.05) is 25.0 Å². The van der Waals surface area contributed by atoms with E-state index < -0.39 is 0 Å². The van der Waals surface area contributed by atoms with Gasteiger partial charge in [-0.05, 0) is 45.4 Å². The number of carbonyl (C=O) groups is 2. The van der Waals surface area contributed by atoms with Crippen molar-refractivity contribution < 1.29 is 9.59 Å². The van der Waals surface area contributed by atoms with E-state index in [0.29, 0.717) is 31.5 Å². The molecule has 0 aromatic carbocycles. The fourth-order valence-electron chi connectivity index (χ4n) is 3.25. The van der Waals surface area contributed by atoms with Crippen molar-refractivity contribution in [3.63, 3.8) is 0 Å². The molecule has 2 heterocycles. The van der Waals surface area contributed by atoms with Crippen LogP contribution in [0.5, 0.6) is 0 Å². The Morgan fingerprint density at radius 1 is 1.42 bits per heavy atom. The zero-order chi connectivity index (χ0) is 17.1. The highest BCUT2D eigenvalue weighted by molar-refractivity contribution is 5.89. The number of aryl methyl sites for hydroxylation is 1. The molecule has 3 rings (SSSR count). The number of likely N-dealkylation sites (tertiary alicyclic amines) is 1. The number of rotatable bonds is 6. The number of urea groups is 1. The van der Waals surface area contributed by atoms with Gasteiger partial charge in [0.2, 0.25) is 5.91 Å². The predicted molar refractivity (Wildman–Crippen MR) is 91.9 cm³/mol. The first kappa shape index (κ1) is 16.8. The summed E-state index contributed by atoms with van der Waals surface area (Å²) in [6.07, 6.45) is 6.91. The molecule has 0 radical (unpaired) electrons. The Morgan fingerprint density at radius 2 is 2.21 bits per heavy atom. The van der Waals surface area contributed by atoms with Gasteiger partial charge in [-0.3, -0.25) is 10.1 Å². The fourth-order valence-corrected chi connectivity index (χ4v) is 3.25. The minimum Gasteiger partial charge on any atom is -0.341 e. The minimum absolute atomic E-state index is 0.190. The Balaban J connectivity index is 1.50. The van der Waals surface area contributed by atoms with Crippen LogP contribution in [0.3, 0.4) is 0 Å². The summed E-state index contributed by atoms with van der Waals surface area (Å²) < 4.78 is 1.92. The maximum atomic E-state index is 12.2. The van der Waals surface area contributed by atoms with Crippen LogP contribution >= 0.6 is 0 Å². The van der Waals surface area contributed by atoms with E-state index in [9.17, 15) is 9.59 Å². The number of hydrogen-bond acceptors (Lipinski definition) is 3. The first-order valence-corrected chi connectivity index (χ1v) is 8.93. The van der Waals surface area contributed by atoms with Gasteiger partial charge in [-0.15, -0.1) is 0 Å². The van der Waals surface area contributed by atoms with Crippen molar-refractivity contribution in [1.82, 2.24) is 20.0 Å². The molecule has 7 nitrogen and oxygen atoms in total. The van der Waals surface area contributed by atoms with Gasteiger partial charge in [0, 0.05) is 31.6 Å². The van der Waals surface area contributed by atoms with E-state index in [0.717, 1.165) is 30.8 Å². The molecule has 1 unspecified atom stereocenters. The van der Waals surface area contributed by atoms with Gasteiger partial charge in [-0.2, -0.15) is 5.10 Å². The molecule has 3 amide bonds. The van der Waals surface area contributed by atoms with Gasteiger partial charge in [0.05, 0.1) is 12.2 Å². The number of aromatic nitrogens is 2. The van der Waals surface area contributed by atoms with Crippen molar-refractivity contribution in [1.29, 1.82) is 0 Å². The number of anilines is 1. The Hall–Kier alpha value is -2.05. The largest absolute Gasteiger partial charge is 0.341 e. The third kappa shape index (κ3) is 3.88. The zero-order valence-corrected chi connectivity index (χ0v) is 14.5. The molecule has 1 saturated carbocycles. The lowest BCUT2D eigenvalue weighted by Gasteiger charge is -2.26. The third-order valence-corrected chi connectivity index (χ3v) is 4.99. The van der Waals surface area contributed by atoms with Crippen LogP contribution in [-0.2, 0) is 4.79 Å². The fraction of sp³-hybridized carbons (Fsp3) is 0.706. The molecular formula is C17H27N5O2. The predicted octanol–water partition coefficient (Wildman–Crippen LogP) is 2.30. The highest BCUT2D eigenvalue weighted by Gasteiger charge is 2.31. The molecule has 24 heavy (non-hydrogen) atoms. The second-order valence-corrected chi connectivity index (χ2v) is 6.92. The van der Waals surface area contributed by atoms with Crippen LogP contribution in [0.2, 0.25) is 0 Å². The Labute approximate surface area is 142 Å². The van der Waals surface area contributed by atoms with Crippen molar-refractivity contribution in [3.05, 3.63) is 11.8 Å². The molecule has 0 spiro atoms. The molecule has 1 aromatic heterocycles. The molecule has 0 bridgehead atoms. The van der Waals surface area contributed by atoms with Gasteiger partial charge in [0.15, 0.2) is 0 Å². The van der Waals surface area contributed by atoms with Crippen molar-refractivity contribution in [3.8, 4) is 0 Å². The molecule has 1 atom stereocenters. The summed E-state index contributed by atoms with van der Waals surface area (Å²) in [6.45, 7) is 5.93. The van der Waals surface area contributed by atoms with Crippen molar-refractivity contribution >= 4 is 17.8 Å². The average molecular weight is 333 g/mol. The Morgan fingerprint density at radius 3 is 2.92 bits per heavy atom. The van der Waals surface area contributed by atoms with Crippen molar-refractivity contribution in [2.45, 2.75) is 52.0 Å². The lowest BCUT2D eigenvalue weighted by molar-refractivity contribution is -0.133. The summed E-state index contributed by atoms with van der Waals surface area (Å²) in [7, 11) is 0. The molecule has 1 saturated heterocycles. The minimum atomic E-state index is -0.243. The second kappa shape index (κ2) is 7.23. The lowest BCUT2D eigenvalue weighted by atomic mass is 10.1. The van der Waals surface area contributed by atoms with Crippen LogP contribution in [0.1, 0.15) is 50.6 Å². The smallest absolute Gasteiger partial charge is 0.320 e. The monoisotopic (exact) mass is 333 g/mol. The van der Waals surface area contributed by atoms with E-state index in [-0.39, 0.29) is 11.9 Å².